The average Bonchev–Trinajstić information content (AvgIpc) is 2.77. The maximum absolute atomic E-state index is 9.07. The molecule has 0 spiro atoms. The van der Waals surface area contributed by atoms with Crippen molar-refractivity contribution in [1.82, 2.24) is 9.55 Å². The van der Waals surface area contributed by atoms with E-state index in [1.807, 2.05) is 16.7 Å². The fourth-order valence-corrected chi connectivity index (χ4v) is 1.49. The van der Waals surface area contributed by atoms with Crippen LogP contribution in [0, 0.1) is 6.57 Å². The molecule has 0 amide bonds. The molecule has 80 valence electrons. The molecule has 0 bridgehead atoms. The van der Waals surface area contributed by atoms with E-state index in [1.54, 1.807) is 24.7 Å². The Morgan fingerprint density at radius 1 is 1.31 bits per heavy atom. The van der Waals surface area contributed by atoms with Crippen LogP contribution in [0.5, 0.6) is 0 Å². The van der Waals surface area contributed by atoms with Crippen LogP contribution >= 0.6 is 0 Å². The Labute approximate surface area is 93.6 Å². The minimum atomic E-state index is -0.0138. The molecule has 0 radical (unpaired) electrons. The third-order valence-corrected chi connectivity index (χ3v) is 2.38. The molecule has 2 aromatic rings. The van der Waals surface area contributed by atoms with E-state index in [-0.39, 0.29) is 6.61 Å². The van der Waals surface area contributed by atoms with E-state index in [0.717, 1.165) is 11.3 Å². The van der Waals surface area contributed by atoms with Gasteiger partial charge in [-0.25, -0.2) is 9.83 Å². The van der Waals surface area contributed by atoms with Crippen LogP contribution in [-0.4, -0.2) is 14.7 Å². The molecule has 0 saturated heterocycles. The highest BCUT2D eigenvalue weighted by atomic mass is 16.3. The molecule has 2 rings (SSSR count). The number of aliphatic hydroxyl groups is 1. The molecule has 1 heterocycles. The molecule has 1 aromatic heterocycles. The van der Waals surface area contributed by atoms with Gasteiger partial charge in [0.05, 0.1) is 31.4 Å². The Morgan fingerprint density at radius 3 is 2.69 bits per heavy atom. The van der Waals surface area contributed by atoms with E-state index < -0.39 is 0 Å². The fourth-order valence-electron chi connectivity index (χ4n) is 1.49. The lowest BCUT2D eigenvalue weighted by atomic mass is 10.2. The Hall–Kier alpha value is -2.12. The Morgan fingerprint density at radius 2 is 2.06 bits per heavy atom. The van der Waals surface area contributed by atoms with Crippen LogP contribution in [-0.2, 0) is 13.2 Å². The predicted molar refractivity (Wildman–Crippen MR) is 60.0 cm³/mol. The van der Waals surface area contributed by atoms with Gasteiger partial charge in [-0.15, -0.1) is 0 Å². The van der Waals surface area contributed by atoms with Crippen molar-refractivity contribution in [2.45, 2.75) is 13.2 Å². The summed E-state index contributed by atoms with van der Waals surface area (Å²) in [5, 5.41) is 9.07. The quantitative estimate of drug-likeness (QED) is 0.792. The van der Waals surface area contributed by atoms with Crippen LogP contribution in [0.25, 0.3) is 4.85 Å². The summed E-state index contributed by atoms with van der Waals surface area (Å²) >= 11 is 0. The monoisotopic (exact) mass is 213 g/mol. The van der Waals surface area contributed by atoms with Gasteiger partial charge in [0.15, 0.2) is 5.69 Å². The number of nitrogens with zero attached hydrogens (tertiary/aromatic N) is 3. The minimum absolute atomic E-state index is 0.0138. The number of imidazole rings is 1. The first-order valence-corrected chi connectivity index (χ1v) is 4.90. The van der Waals surface area contributed by atoms with Crippen LogP contribution in [0.15, 0.2) is 36.8 Å². The minimum Gasteiger partial charge on any atom is -0.390 e. The summed E-state index contributed by atoms with van der Waals surface area (Å²) in [5.74, 6) is 0. The molecule has 0 unspecified atom stereocenters. The molecule has 0 aliphatic rings. The molecule has 0 saturated carbocycles. The maximum atomic E-state index is 9.07. The van der Waals surface area contributed by atoms with Crippen LogP contribution < -0.4 is 0 Å². The third-order valence-electron chi connectivity index (χ3n) is 2.38. The molecular formula is C12H11N3O. The second-order valence-corrected chi connectivity index (χ2v) is 3.45. The zero-order valence-electron chi connectivity index (χ0n) is 8.67. The third kappa shape index (κ3) is 2.10. The summed E-state index contributed by atoms with van der Waals surface area (Å²) in [4.78, 5) is 7.31. The van der Waals surface area contributed by atoms with Gasteiger partial charge in [-0.1, -0.05) is 24.3 Å². The number of aromatic nitrogens is 2. The highest BCUT2D eigenvalue weighted by Gasteiger charge is 2.01. The van der Waals surface area contributed by atoms with Crippen LogP contribution in [0.1, 0.15) is 11.3 Å². The number of hydrogen-bond donors (Lipinski definition) is 1. The summed E-state index contributed by atoms with van der Waals surface area (Å²) in [6, 6.07) is 7.40. The highest BCUT2D eigenvalue weighted by molar-refractivity contribution is 5.45. The molecule has 0 aliphatic carbocycles. The number of aliphatic hydroxyl groups excluding tert-OH is 1. The largest absolute Gasteiger partial charge is 0.390 e. The van der Waals surface area contributed by atoms with E-state index in [0.29, 0.717) is 12.2 Å². The Bertz CT molecular complexity index is 508. The fraction of sp³-hybridized carbons (Fsp3) is 0.167. The summed E-state index contributed by atoms with van der Waals surface area (Å²) in [6.07, 6.45) is 3.34. The van der Waals surface area contributed by atoms with Gasteiger partial charge in [-0.2, -0.15) is 0 Å². The number of hydrogen-bond acceptors (Lipinski definition) is 2. The molecule has 1 aromatic carbocycles. The van der Waals surface area contributed by atoms with Crippen molar-refractivity contribution < 1.29 is 5.11 Å². The highest BCUT2D eigenvalue weighted by Crippen LogP contribution is 2.14. The maximum Gasteiger partial charge on any atom is 0.187 e. The van der Waals surface area contributed by atoms with Gasteiger partial charge < -0.3 is 9.67 Å². The van der Waals surface area contributed by atoms with Gasteiger partial charge in [0, 0.05) is 6.54 Å². The summed E-state index contributed by atoms with van der Waals surface area (Å²) < 4.78 is 1.88. The molecular weight excluding hydrogens is 202 g/mol. The zero-order chi connectivity index (χ0) is 11.4. The van der Waals surface area contributed by atoms with Crippen LogP contribution in [0.4, 0.5) is 5.69 Å². The van der Waals surface area contributed by atoms with Crippen LogP contribution in [0.3, 0.4) is 0 Å². The number of rotatable bonds is 3. The molecule has 16 heavy (non-hydrogen) atoms. The lowest BCUT2D eigenvalue weighted by Crippen LogP contribution is -2.02. The topological polar surface area (TPSA) is 42.4 Å². The lowest BCUT2D eigenvalue weighted by Gasteiger charge is -2.06. The summed E-state index contributed by atoms with van der Waals surface area (Å²) in [5.41, 5.74) is 2.51. The van der Waals surface area contributed by atoms with Gasteiger partial charge in [0.1, 0.15) is 0 Å². The van der Waals surface area contributed by atoms with E-state index >= 15 is 0 Å². The lowest BCUT2D eigenvalue weighted by molar-refractivity contribution is 0.271. The zero-order valence-corrected chi connectivity index (χ0v) is 8.67. The molecule has 4 nitrogen and oxygen atoms in total. The standard InChI is InChI=1S/C12H11N3O/c1-13-11-4-2-10(3-5-11)7-15-9-14-6-12(15)8-16/h2-6,9,16H,7-8H2. The van der Waals surface area contributed by atoms with Gasteiger partial charge in [-0.3, -0.25) is 0 Å². The van der Waals surface area contributed by atoms with Gasteiger partial charge >= 0.3 is 0 Å². The van der Waals surface area contributed by atoms with E-state index in [9.17, 15) is 0 Å². The molecule has 0 atom stereocenters. The molecule has 0 aliphatic heterocycles. The van der Waals surface area contributed by atoms with E-state index in [1.165, 1.54) is 0 Å². The molecule has 0 fully saturated rings. The van der Waals surface area contributed by atoms with Crippen molar-refractivity contribution in [3.63, 3.8) is 0 Å². The second kappa shape index (κ2) is 4.60. The summed E-state index contributed by atoms with van der Waals surface area (Å²) in [7, 11) is 0. The van der Waals surface area contributed by atoms with Gasteiger partial charge in [0.25, 0.3) is 0 Å². The molecule has 4 heteroatoms. The van der Waals surface area contributed by atoms with Gasteiger partial charge in [-0.05, 0) is 5.56 Å². The second-order valence-electron chi connectivity index (χ2n) is 3.45. The average molecular weight is 213 g/mol. The van der Waals surface area contributed by atoms with Gasteiger partial charge in [0.2, 0.25) is 0 Å². The van der Waals surface area contributed by atoms with Crippen molar-refractivity contribution in [3.05, 3.63) is 59.5 Å². The van der Waals surface area contributed by atoms with E-state index in [2.05, 4.69) is 9.83 Å². The normalized spacial score (nSPS) is 10.0. The first kappa shape index (κ1) is 10.4. The predicted octanol–water partition coefficient (Wildman–Crippen LogP) is 1.97. The van der Waals surface area contributed by atoms with Crippen molar-refractivity contribution >= 4 is 5.69 Å². The van der Waals surface area contributed by atoms with Crippen LogP contribution in [0.2, 0.25) is 0 Å². The Balaban J connectivity index is 2.18. The molecule has 1 N–H and O–H groups in total. The SMILES string of the molecule is [C-]#[N+]c1ccc(Cn2cncc2CO)cc1. The van der Waals surface area contributed by atoms with Crippen molar-refractivity contribution in [2.75, 3.05) is 0 Å². The smallest absolute Gasteiger partial charge is 0.187 e. The van der Waals surface area contributed by atoms with E-state index in [4.69, 9.17) is 11.7 Å². The first-order valence-electron chi connectivity index (χ1n) is 4.90. The summed E-state index contributed by atoms with van der Waals surface area (Å²) in [6.45, 7) is 7.50. The van der Waals surface area contributed by atoms with Crippen molar-refractivity contribution in [2.24, 2.45) is 0 Å². The first-order chi connectivity index (χ1) is 7.83. The number of benzene rings is 1. The van der Waals surface area contributed by atoms with Crippen molar-refractivity contribution in [3.8, 4) is 0 Å². The Kier molecular flexibility index (Phi) is 2.99. The van der Waals surface area contributed by atoms with Crippen molar-refractivity contribution in [1.29, 1.82) is 0 Å².